The van der Waals surface area contributed by atoms with Crippen LogP contribution in [-0.4, -0.2) is 35.0 Å². The number of carbonyl (C=O) groups is 1. The van der Waals surface area contributed by atoms with Crippen molar-refractivity contribution in [3.63, 3.8) is 0 Å². The predicted molar refractivity (Wildman–Crippen MR) is 65.6 cm³/mol. The Balaban J connectivity index is 2.06. The van der Waals surface area contributed by atoms with Gasteiger partial charge in [0.05, 0.1) is 6.04 Å². The molecule has 17 heavy (non-hydrogen) atoms. The van der Waals surface area contributed by atoms with E-state index in [1.54, 1.807) is 12.1 Å². The van der Waals surface area contributed by atoms with Crippen molar-refractivity contribution in [1.82, 2.24) is 4.90 Å². The molecule has 1 fully saturated rings. The molecule has 0 radical (unpaired) electrons. The number of benzene rings is 1. The van der Waals surface area contributed by atoms with Gasteiger partial charge in [0, 0.05) is 0 Å². The van der Waals surface area contributed by atoms with E-state index in [2.05, 4.69) is 4.90 Å². The van der Waals surface area contributed by atoms with E-state index < -0.39 is 0 Å². The van der Waals surface area contributed by atoms with Crippen LogP contribution in [0.25, 0.3) is 0 Å². The van der Waals surface area contributed by atoms with Gasteiger partial charge in [-0.2, -0.15) is 0 Å². The van der Waals surface area contributed by atoms with Crippen molar-refractivity contribution in [3.8, 4) is 5.75 Å². The number of rotatable bonds is 4. The van der Waals surface area contributed by atoms with Crippen molar-refractivity contribution < 1.29 is 9.90 Å². The lowest BCUT2D eigenvalue weighted by Crippen LogP contribution is -2.44. The Morgan fingerprint density at radius 3 is 2.41 bits per heavy atom. The first-order valence-corrected chi connectivity index (χ1v) is 5.98. The lowest BCUT2D eigenvalue weighted by Gasteiger charge is -2.24. The van der Waals surface area contributed by atoms with Gasteiger partial charge in [-0.3, -0.25) is 9.69 Å². The molecule has 0 saturated carbocycles. The Bertz CT molecular complexity index is 383. The highest BCUT2D eigenvalue weighted by Crippen LogP contribution is 2.17. The van der Waals surface area contributed by atoms with Crippen LogP contribution in [0.1, 0.15) is 18.4 Å². The van der Waals surface area contributed by atoms with Gasteiger partial charge in [-0.25, -0.2) is 0 Å². The lowest BCUT2D eigenvalue weighted by molar-refractivity contribution is -0.122. The summed E-state index contributed by atoms with van der Waals surface area (Å²) in [5, 5.41) is 9.21. The second kappa shape index (κ2) is 5.19. The molecule has 1 aromatic rings. The molecule has 0 aromatic heterocycles. The summed E-state index contributed by atoms with van der Waals surface area (Å²) in [7, 11) is 0. The maximum absolute atomic E-state index is 11.5. The van der Waals surface area contributed by atoms with Crippen LogP contribution in [-0.2, 0) is 11.2 Å². The molecule has 0 bridgehead atoms. The third kappa shape index (κ3) is 2.97. The third-order valence-corrected chi connectivity index (χ3v) is 3.28. The Kier molecular flexibility index (Phi) is 3.64. The maximum atomic E-state index is 11.5. The summed E-state index contributed by atoms with van der Waals surface area (Å²) in [6.07, 6.45) is 2.90. The molecule has 3 N–H and O–H groups in total. The van der Waals surface area contributed by atoms with Crippen molar-refractivity contribution in [2.45, 2.75) is 25.3 Å². The third-order valence-electron chi connectivity index (χ3n) is 3.28. The first-order chi connectivity index (χ1) is 8.16. The van der Waals surface area contributed by atoms with Crippen LogP contribution in [0.2, 0.25) is 0 Å². The van der Waals surface area contributed by atoms with Crippen LogP contribution in [0.5, 0.6) is 5.75 Å². The summed E-state index contributed by atoms with van der Waals surface area (Å²) >= 11 is 0. The standard InChI is InChI=1S/C13H18N2O2/c14-13(17)12(15-7-1-2-8-15)9-10-3-5-11(16)6-4-10/h3-6,12,16H,1-2,7-9H2,(H2,14,17)/t12-/m0/s1. The fourth-order valence-corrected chi connectivity index (χ4v) is 2.32. The fourth-order valence-electron chi connectivity index (χ4n) is 2.32. The summed E-state index contributed by atoms with van der Waals surface area (Å²) < 4.78 is 0. The Morgan fingerprint density at radius 1 is 1.29 bits per heavy atom. The SMILES string of the molecule is NC(=O)[C@H](Cc1ccc(O)cc1)N1CCCC1. The van der Waals surface area contributed by atoms with E-state index in [0.717, 1.165) is 31.5 Å². The Morgan fingerprint density at radius 2 is 1.88 bits per heavy atom. The molecule has 0 aliphatic carbocycles. The summed E-state index contributed by atoms with van der Waals surface area (Å²) in [4.78, 5) is 13.6. The highest BCUT2D eigenvalue weighted by atomic mass is 16.3. The number of amides is 1. The van der Waals surface area contributed by atoms with E-state index in [1.807, 2.05) is 12.1 Å². The number of phenolic OH excluding ortho intramolecular Hbond substituents is 1. The van der Waals surface area contributed by atoms with Crippen LogP contribution < -0.4 is 5.73 Å². The zero-order chi connectivity index (χ0) is 12.3. The van der Waals surface area contributed by atoms with Gasteiger partial charge in [0.25, 0.3) is 0 Å². The first kappa shape index (κ1) is 11.9. The molecule has 1 saturated heterocycles. The largest absolute Gasteiger partial charge is 0.508 e. The minimum absolute atomic E-state index is 0.220. The number of phenols is 1. The number of hydrogen-bond acceptors (Lipinski definition) is 3. The van der Waals surface area contributed by atoms with E-state index in [-0.39, 0.29) is 17.7 Å². The van der Waals surface area contributed by atoms with Crippen LogP contribution >= 0.6 is 0 Å². The maximum Gasteiger partial charge on any atom is 0.235 e. The van der Waals surface area contributed by atoms with Gasteiger partial charge in [0.2, 0.25) is 5.91 Å². The minimum Gasteiger partial charge on any atom is -0.508 e. The highest BCUT2D eigenvalue weighted by Gasteiger charge is 2.26. The smallest absolute Gasteiger partial charge is 0.235 e. The van der Waals surface area contributed by atoms with Crippen molar-refractivity contribution in [2.24, 2.45) is 5.73 Å². The number of likely N-dealkylation sites (tertiary alicyclic amines) is 1. The molecule has 4 heteroatoms. The predicted octanol–water partition coefficient (Wildman–Crippen LogP) is 0.884. The number of nitrogens with two attached hydrogens (primary N) is 1. The Labute approximate surface area is 101 Å². The molecule has 1 amide bonds. The van der Waals surface area contributed by atoms with Crippen LogP contribution in [0.15, 0.2) is 24.3 Å². The summed E-state index contributed by atoms with van der Waals surface area (Å²) in [5.41, 5.74) is 6.49. The quantitative estimate of drug-likeness (QED) is 0.813. The second-order valence-corrected chi connectivity index (χ2v) is 4.53. The lowest BCUT2D eigenvalue weighted by atomic mass is 10.0. The van der Waals surface area contributed by atoms with Crippen molar-refractivity contribution >= 4 is 5.91 Å². The first-order valence-electron chi connectivity index (χ1n) is 5.98. The van der Waals surface area contributed by atoms with Gasteiger partial charge in [-0.1, -0.05) is 12.1 Å². The molecule has 0 unspecified atom stereocenters. The van der Waals surface area contributed by atoms with Crippen LogP contribution in [0.3, 0.4) is 0 Å². The summed E-state index contributed by atoms with van der Waals surface area (Å²) in [6.45, 7) is 1.90. The molecule has 1 aromatic carbocycles. The number of nitrogens with zero attached hydrogens (tertiary/aromatic N) is 1. The van der Waals surface area contributed by atoms with Gasteiger partial charge in [-0.15, -0.1) is 0 Å². The van der Waals surface area contributed by atoms with Gasteiger partial charge >= 0.3 is 0 Å². The van der Waals surface area contributed by atoms with Crippen molar-refractivity contribution in [3.05, 3.63) is 29.8 Å². The highest BCUT2D eigenvalue weighted by molar-refractivity contribution is 5.80. The van der Waals surface area contributed by atoms with E-state index in [1.165, 1.54) is 0 Å². The van der Waals surface area contributed by atoms with E-state index in [0.29, 0.717) is 6.42 Å². The average molecular weight is 234 g/mol. The molecule has 1 heterocycles. The second-order valence-electron chi connectivity index (χ2n) is 4.53. The Hall–Kier alpha value is -1.55. The van der Waals surface area contributed by atoms with Crippen LogP contribution in [0, 0.1) is 0 Å². The number of aromatic hydroxyl groups is 1. The summed E-state index contributed by atoms with van der Waals surface area (Å²) in [5.74, 6) is -0.0227. The number of carbonyl (C=O) groups excluding carboxylic acids is 1. The minimum atomic E-state index is -0.264. The van der Waals surface area contributed by atoms with Crippen molar-refractivity contribution in [2.75, 3.05) is 13.1 Å². The topological polar surface area (TPSA) is 66.6 Å². The molecular formula is C13H18N2O2. The normalized spacial score (nSPS) is 18.1. The van der Waals surface area contributed by atoms with Crippen LogP contribution in [0.4, 0.5) is 0 Å². The van der Waals surface area contributed by atoms with Crippen molar-refractivity contribution in [1.29, 1.82) is 0 Å². The molecule has 4 nitrogen and oxygen atoms in total. The van der Waals surface area contributed by atoms with E-state index in [9.17, 15) is 9.90 Å². The molecular weight excluding hydrogens is 216 g/mol. The molecule has 1 aliphatic heterocycles. The van der Waals surface area contributed by atoms with Gasteiger partial charge in [0.1, 0.15) is 5.75 Å². The molecule has 1 aliphatic rings. The average Bonchev–Trinajstić information content (AvgIpc) is 2.81. The van der Waals surface area contributed by atoms with E-state index in [4.69, 9.17) is 5.73 Å². The van der Waals surface area contributed by atoms with Gasteiger partial charge in [-0.05, 0) is 50.0 Å². The van der Waals surface area contributed by atoms with Gasteiger partial charge in [0.15, 0.2) is 0 Å². The summed E-state index contributed by atoms with van der Waals surface area (Å²) in [6, 6.07) is 6.72. The molecule has 92 valence electrons. The molecule has 1 atom stereocenters. The molecule has 0 spiro atoms. The number of hydrogen-bond donors (Lipinski definition) is 2. The zero-order valence-corrected chi connectivity index (χ0v) is 9.80. The monoisotopic (exact) mass is 234 g/mol. The van der Waals surface area contributed by atoms with E-state index >= 15 is 0 Å². The zero-order valence-electron chi connectivity index (χ0n) is 9.80. The molecule has 2 rings (SSSR count). The fraction of sp³-hybridized carbons (Fsp3) is 0.462. The number of primary amides is 1. The van der Waals surface area contributed by atoms with Gasteiger partial charge < -0.3 is 10.8 Å².